The molecule has 1 N–H and O–H groups in total. The summed E-state index contributed by atoms with van der Waals surface area (Å²) in [5, 5.41) is 5.25. The van der Waals surface area contributed by atoms with Crippen molar-refractivity contribution in [2.24, 2.45) is 0 Å². The van der Waals surface area contributed by atoms with E-state index in [1.807, 2.05) is 23.6 Å². The van der Waals surface area contributed by atoms with Crippen molar-refractivity contribution < 1.29 is 14.3 Å². The van der Waals surface area contributed by atoms with Crippen molar-refractivity contribution in [3.8, 4) is 11.5 Å². The van der Waals surface area contributed by atoms with Gasteiger partial charge in [-0.25, -0.2) is 0 Å². The zero-order valence-corrected chi connectivity index (χ0v) is 13.4. The number of ether oxygens (including phenoxy) is 2. The number of hydrogen-bond acceptors (Lipinski definition) is 5. The SMILES string of the molecule is O=C(C=C1NCCc2cc3c(cc21)OCCCO3)c1cccs1. The maximum absolute atomic E-state index is 12.4. The first-order valence-corrected chi connectivity index (χ1v) is 8.65. The molecule has 0 atom stereocenters. The molecule has 2 aliphatic rings. The molecule has 0 spiro atoms. The lowest BCUT2D eigenvalue weighted by Gasteiger charge is -2.23. The standard InChI is InChI=1S/C18H17NO3S/c20-15(18-3-1-8-23-18)11-14-13-10-17-16(21-6-2-7-22-17)9-12(13)4-5-19-14/h1,3,8-11,19H,2,4-7H2. The van der Waals surface area contributed by atoms with Crippen LogP contribution in [0.25, 0.3) is 5.70 Å². The number of fused-ring (bicyclic) bond motifs is 2. The number of nitrogens with one attached hydrogen (secondary N) is 1. The van der Waals surface area contributed by atoms with Crippen LogP contribution in [0.1, 0.15) is 27.2 Å². The Morgan fingerprint density at radius 3 is 2.83 bits per heavy atom. The topological polar surface area (TPSA) is 47.6 Å². The number of allylic oxidation sites excluding steroid dienone is 1. The number of carbonyl (C=O) groups excluding carboxylic acids is 1. The number of hydrogen-bond donors (Lipinski definition) is 1. The lowest BCUT2D eigenvalue weighted by Crippen LogP contribution is -2.23. The second-order valence-corrected chi connectivity index (χ2v) is 6.53. The van der Waals surface area contributed by atoms with Crippen molar-refractivity contribution in [3.63, 3.8) is 0 Å². The maximum atomic E-state index is 12.4. The van der Waals surface area contributed by atoms with E-state index in [-0.39, 0.29) is 5.78 Å². The zero-order chi connectivity index (χ0) is 15.6. The Hall–Kier alpha value is -2.27. The lowest BCUT2D eigenvalue weighted by atomic mass is 9.96. The van der Waals surface area contributed by atoms with E-state index < -0.39 is 0 Å². The third kappa shape index (κ3) is 2.84. The van der Waals surface area contributed by atoms with E-state index in [9.17, 15) is 4.79 Å². The summed E-state index contributed by atoms with van der Waals surface area (Å²) in [5.74, 6) is 1.61. The van der Waals surface area contributed by atoms with E-state index in [4.69, 9.17) is 9.47 Å². The summed E-state index contributed by atoms with van der Waals surface area (Å²) >= 11 is 1.46. The highest BCUT2D eigenvalue weighted by molar-refractivity contribution is 7.12. The quantitative estimate of drug-likeness (QED) is 0.679. The number of carbonyl (C=O) groups is 1. The van der Waals surface area contributed by atoms with Crippen LogP contribution in [0.15, 0.2) is 35.7 Å². The molecule has 0 saturated carbocycles. The third-order valence-electron chi connectivity index (χ3n) is 4.01. The molecule has 0 fully saturated rings. The molecule has 2 aliphatic heterocycles. The molecule has 0 radical (unpaired) electrons. The summed E-state index contributed by atoms with van der Waals surface area (Å²) in [6.45, 7) is 2.16. The zero-order valence-electron chi connectivity index (χ0n) is 12.6. The molecule has 4 rings (SSSR count). The molecule has 5 heteroatoms. The fraction of sp³-hybridized carbons (Fsp3) is 0.278. The molecule has 0 aliphatic carbocycles. The summed E-state index contributed by atoms with van der Waals surface area (Å²) in [5.41, 5.74) is 3.09. The summed E-state index contributed by atoms with van der Waals surface area (Å²) in [6, 6.07) is 7.79. The summed E-state index contributed by atoms with van der Waals surface area (Å²) in [7, 11) is 0. The smallest absolute Gasteiger partial charge is 0.197 e. The van der Waals surface area contributed by atoms with E-state index in [1.54, 1.807) is 6.08 Å². The van der Waals surface area contributed by atoms with Gasteiger partial charge < -0.3 is 14.8 Å². The molecule has 0 amide bonds. The third-order valence-corrected chi connectivity index (χ3v) is 4.90. The second-order valence-electron chi connectivity index (χ2n) is 5.58. The van der Waals surface area contributed by atoms with Gasteiger partial charge in [0.05, 0.1) is 18.1 Å². The molecule has 3 heterocycles. The molecule has 2 aromatic rings. The molecule has 1 aromatic carbocycles. The molecular formula is C18H17NO3S. The van der Waals surface area contributed by atoms with Gasteiger partial charge in [0, 0.05) is 30.3 Å². The van der Waals surface area contributed by atoms with Gasteiger partial charge in [-0.15, -0.1) is 11.3 Å². The van der Waals surface area contributed by atoms with Crippen molar-refractivity contribution in [1.82, 2.24) is 5.32 Å². The number of rotatable bonds is 2. The van der Waals surface area contributed by atoms with Crippen LogP contribution in [0.2, 0.25) is 0 Å². The Morgan fingerprint density at radius 2 is 2.04 bits per heavy atom. The average Bonchev–Trinajstić information content (AvgIpc) is 3.00. The summed E-state index contributed by atoms with van der Waals surface area (Å²) in [6.07, 6.45) is 3.49. The number of thiophene rings is 1. The van der Waals surface area contributed by atoms with Crippen molar-refractivity contribution in [2.75, 3.05) is 19.8 Å². The molecule has 0 unspecified atom stereocenters. The van der Waals surface area contributed by atoms with Crippen LogP contribution in [-0.2, 0) is 6.42 Å². The maximum Gasteiger partial charge on any atom is 0.197 e. The molecule has 0 bridgehead atoms. The molecular weight excluding hydrogens is 310 g/mol. The largest absolute Gasteiger partial charge is 0.490 e. The highest BCUT2D eigenvalue weighted by Gasteiger charge is 2.20. The Morgan fingerprint density at radius 1 is 1.22 bits per heavy atom. The van der Waals surface area contributed by atoms with Gasteiger partial charge in [-0.2, -0.15) is 0 Å². The van der Waals surface area contributed by atoms with E-state index in [0.717, 1.165) is 47.0 Å². The lowest BCUT2D eigenvalue weighted by molar-refractivity contribution is 0.105. The molecule has 1 aromatic heterocycles. The highest BCUT2D eigenvalue weighted by Crippen LogP contribution is 2.36. The molecule has 118 valence electrons. The van der Waals surface area contributed by atoms with Crippen LogP contribution >= 0.6 is 11.3 Å². The van der Waals surface area contributed by atoms with E-state index in [1.165, 1.54) is 16.9 Å². The fourth-order valence-electron chi connectivity index (χ4n) is 2.89. The van der Waals surface area contributed by atoms with Gasteiger partial charge in [-0.1, -0.05) is 6.07 Å². The minimum absolute atomic E-state index is 0.0301. The first-order chi connectivity index (χ1) is 11.3. The monoisotopic (exact) mass is 327 g/mol. The fourth-order valence-corrected chi connectivity index (χ4v) is 3.52. The predicted octanol–water partition coefficient (Wildman–Crippen LogP) is 3.28. The summed E-state index contributed by atoms with van der Waals surface area (Å²) in [4.78, 5) is 13.1. The van der Waals surface area contributed by atoms with Crippen molar-refractivity contribution >= 4 is 22.8 Å². The first kappa shape index (κ1) is 14.3. The minimum atomic E-state index is 0.0301. The minimum Gasteiger partial charge on any atom is -0.490 e. The van der Waals surface area contributed by atoms with Crippen LogP contribution in [0.3, 0.4) is 0 Å². The Bertz CT molecular complexity index is 765. The van der Waals surface area contributed by atoms with E-state index >= 15 is 0 Å². The molecule has 4 nitrogen and oxygen atoms in total. The second kappa shape index (κ2) is 6.08. The van der Waals surface area contributed by atoms with Crippen LogP contribution in [0, 0.1) is 0 Å². The molecule has 0 saturated heterocycles. The van der Waals surface area contributed by atoms with Gasteiger partial charge in [0.25, 0.3) is 0 Å². The van der Waals surface area contributed by atoms with Gasteiger partial charge in [-0.3, -0.25) is 4.79 Å². The van der Waals surface area contributed by atoms with Gasteiger partial charge in [0.1, 0.15) is 0 Å². The van der Waals surface area contributed by atoms with Gasteiger partial charge in [0.15, 0.2) is 17.3 Å². The van der Waals surface area contributed by atoms with Crippen molar-refractivity contribution in [1.29, 1.82) is 0 Å². The summed E-state index contributed by atoms with van der Waals surface area (Å²) < 4.78 is 11.5. The van der Waals surface area contributed by atoms with E-state index in [2.05, 4.69) is 11.4 Å². The number of ketones is 1. The predicted molar refractivity (Wildman–Crippen MR) is 90.4 cm³/mol. The first-order valence-electron chi connectivity index (χ1n) is 7.77. The van der Waals surface area contributed by atoms with Gasteiger partial charge >= 0.3 is 0 Å². The number of benzene rings is 1. The van der Waals surface area contributed by atoms with Crippen LogP contribution in [0.4, 0.5) is 0 Å². The van der Waals surface area contributed by atoms with Crippen LogP contribution in [-0.4, -0.2) is 25.5 Å². The molecule has 23 heavy (non-hydrogen) atoms. The Kier molecular flexibility index (Phi) is 3.79. The van der Waals surface area contributed by atoms with Gasteiger partial charge in [-0.05, 0) is 35.6 Å². The average molecular weight is 327 g/mol. The Balaban J connectivity index is 1.73. The normalized spacial score (nSPS) is 18.0. The van der Waals surface area contributed by atoms with Crippen molar-refractivity contribution in [3.05, 3.63) is 51.7 Å². The van der Waals surface area contributed by atoms with Crippen LogP contribution in [0.5, 0.6) is 11.5 Å². The van der Waals surface area contributed by atoms with Gasteiger partial charge in [0.2, 0.25) is 0 Å². The van der Waals surface area contributed by atoms with Crippen LogP contribution < -0.4 is 14.8 Å². The van der Waals surface area contributed by atoms with Crippen molar-refractivity contribution in [2.45, 2.75) is 12.8 Å². The Labute approximate surface area is 138 Å². The highest BCUT2D eigenvalue weighted by atomic mass is 32.1. The van der Waals surface area contributed by atoms with E-state index in [0.29, 0.717) is 13.2 Å².